The zero-order valence-electron chi connectivity index (χ0n) is 14.5. The number of nitrogens with one attached hydrogen (secondary N) is 1. The topological polar surface area (TPSA) is 61.8 Å². The van der Waals surface area contributed by atoms with Gasteiger partial charge in [-0.2, -0.15) is 0 Å². The number of aliphatic hydroxyl groups excluding tert-OH is 1. The zero-order chi connectivity index (χ0) is 16.3. The van der Waals surface area contributed by atoms with Crippen LogP contribution in [0.15, 0.2) is 0 Å². The number of carbonyl (C=O) groups is 1. The van der Waals surface area contributed by atoms with Gasteiger partial charge in [0.2, 0.25) is 0 Å². The van der Waals surface area contributed by atoms with Crippen molar-refractivity contribution in [3.8, 4) is 0 Å². The smallest absolute Gasteiger partial charge is 0.407 e. The molecule has 3 unspecified atom stereocenters. The number of ether oxygens (including phenoxy) is 1. The van der Waals surface area contributed by atoms with Crippen molar-refractivity contribution in [1.82, 2.24) is 10.2 Å². The predicted molar refractivity (Wildman–Crippen MR) is 86.8 cm³/mol. The van der Waals surface area contributed by atoms with E-state index in [1.807, 2.05) is 20.8 Å². The van der Waals surface area contributed by atoms with Crippen LogP contribution in [-0.2, 0) is 4.74 Å². The summed E-state index contributed by atoms with van der Waals surface area (Å²) in [6, 6.07) is 0.937. The second-order valence-corrected chi connectivity index (χ2v) is 7.76. The second-order valence-electron chi connectivity index (χ2n) is 7.76. The highest BCUT2D eigenvalue weighted by Gasteiger charge is 2.40. The third-order valence-corrected chi connectivity index (χ3v) is 4.41. The van der Waals surface area contributed by atoms with E-state index in [0.717, 1.165) is 32.2 Å². The first-order valence-electron chi connectivity index (χ1n) is 8.73. The highest BCUT2D eigenvalue weighted by atomic mass is 16.6. The Morgan fingerprint density at radius 2 is 1.95 bits per heavy atom. The second kappa shape index (κ2) is 7.18. The standard InChI is InChI=1S/C17H32N2O3/c1-5-10-19(12-6-7-12)15-11-13(20)8-9-14(15)18-16(21)22-17(2,3)4/h12-15,20H,5-11H2,1-4H3,(H,18,21). The molecule has 2 N–H and O–H groups in total. The Morgan fingerprint density at radius 1 is 1.27 bits per heavy atom. The molecule has 5 nitrogen and oxygen atoms in total. The number of amides is 1. The molecule has 3 atom stereocenters. The van der Waals surface area contributed by atoms with Gasteiger partial charge in [0.25, 0.3) is 0 Å². The average Bonchev–Trinajstić information content (AvgIpc) is 3.20. The Hall–Kier alpha value is -0.810. The van der Waals surface area contributed by atoms with E-state index >= 15 is 0 Å². The lowest BCUT2D eigenvalue weighted by Gasteiger charge is -2.42. The molecule has 2 saturated carbocycles. The van der Waals surface area contributed by atoms with E-state index < -0.39 is 5.60 Å². The van der Waals surface area contributed by atoms with Crippen molar-refractivity contribution in [3.63, 3.8) is 0 Å². The molecule has 128 valence electrons. The molecule has 0 aromatic heterocycles. The highest BCUT2D eigenvalue weighted by molar-refractivity contribution is 5.68. The summed E-state index contributed by atoms with van der Waals surface area (Å²) in [4.78, 5) is 14.6. The van der Waals surface area contributed by atoms with Crippen LogP contribution >= 0.6 is 0 Å². The zero-order valence-corrected chi connectivity index (χ0v) is 14.5. The van der Waals surface area contributed by atoms with Crippen molar-refractivity contribution in [2.75, 3.05) is 6.54 Å². The average molecular weight is 312 g/mol. The van der Waals surface area contributed by atoms with Crippen LogP contribution in [0.25, 0.3) is 0 Å². The van der Waals surface area contributed by atoms with Crippen LogP contribution in [0.1, 0.15) is 66.2 Å². The summed E-state index contributed by atoms with van der Waals surface area (Å²) in [6.45, 7) is 8.85. The minimum absolute atomic E-state index is 0.0744. The van der Waals surface area contributed by atoms with E-state index in [2.05, 4.69) is 17.1 Å². The molecule has 0 aromatic rings. The first-order chi connectivity index (χ1) is 10.3. The Kier molecular flexibility index (Phi) is 5.72. The highest BCUT2D eigenvalue weighted by Crippen LogP contribution is 2.34. The number of rotatable bonds is 5. The summed E-state index contributed by atoms with van der Waals surface area (Å²) in [5.41, 5.74) is -0.479. The maximum absolute atomic E-state index is 12.1. The van der Waals surface area contributed by atoms with Gasteiger partial charge in [-0.1, -0.05) is 6.92 Å². The Labute approximate surface area is 134 Å². The van der Waals surface area contributed by atoms with Gasteiger partial charge in [0.05, 0.1) is 6.10 Å². The van der Waals surface area contributed by atoms with Gasteiger partial charge in [0, 0.05) is 18.1 Å². The van der Waals surface area contributed by atoms with Gasteiger partial charge < -0.3 is 15.2 Å². The number of hydrogen-bond acceptors (Lipinski definition) is 4. The fourth-order valence-electron chi connectivity index (χ4n) is 3.40. The first-order valence-corrected chi connectivity index (χ1v) is 8.73. The molecule has 0 bridgehead atoms. The molecule has 2 aliphatic rings. The summed E-state index contributed by atoms with van der Waals surface area (Å²) >= 11 is 0. The van der Waals surface area contributed by atoms with Crippen LogP contribution in [0.4, 0.5) is 4.79 Å². The maximum atomic E-state index is 12.1. The van der Waals surface area contributed by atoms with Gasteiger partial charge in [-0.05, 0) is 65.8 Å². The van der Waals surface area contributed by atoms with Gasteiger partial charge in [0.1, 0.15) is 5.60 Å². The van der Waals surface area contributed by atoms with Gasteiger partial charge in [0.15, 0.2) is 0 Å². The number of hydrogen-bond donors (Lipinski definition) is 2. The molecule has 5 heteroatoms. The van der Waals surface area contributed by atoms with Crippen molar-refractivity contribution in [1.29, 1.82) is 0 Å². The number of alkyl carbamates (subject to hydrolysis) is 1. The lowest BCUT2D eigenvalue weighted by Crippen LogP contribution is -2.56. The Bertz CT molecular complexity index is 377. The summed E-state index contributed by atoms with van der Waals surface area (Å²) in [5.74, 6) is 0. The maximum Gasteiger partial charge on any atom is 0.407 e. The van der Waals surface area contributed by atoms with E-state index in [0.29, 0.717) is 6.04 Å². The Balaban J connectivity index is 2.01. The molecule has 0 radical (unpaired) electrons. The van der Waals surface area contributed by atoms with E-state index in [1.165, 1.54) is 12.8 Å². The SMILES string of the molecule is CCCN(C1CC1)C1CC(O)CCC1NC(=O)OC(C)(C)C. The molecule has 0 heterocycles. The van der Waals surface area contributed by atoms with Crippen LogP contribution in [0.5, 0.6) is 0 Å². The van der Waals surface area contributed by atoms with Gasteiger partial charge in [-0.15, -0.1) is 0 Å². The third-order valence-electron chi connectivity index (χ3n) is 4.41. The lowest BCUT2D eigenvalue weighted by atomic mass is 9.87. The van der Waals surface area contributed by atoms with Crippen molar-refractivity contribution >= 4 is 6.09 Å². The summed E-state index contributed by atoms with van der Waals surface area (Å²) < 4.78 is 5.40. The summed E-state index contributed by atoms with van der Waals surface area (Å²) in [5, 5.41) is 13.1. The van der Waals surface area contributed by atoms with E-state index in [4.69, 9.17) is 4.74 Å². The molecule has 0 spiro atoms. The molecular formula is C17H32N2O3. The molecule has 0 saturated heterocycles. The van der Waals surface area contributed by atoms with E-state index in [-0.39, 0.29) is 24.3 Å². The molecule has 1 amide bonds. The van der Waals surface area contributed by atoms with Crippen LogP contribution in [0, 0.1) is 0 Å². The Morgan fingerprint density at radius 3 is 2.50 bits per heavy atom. The van der Waals surface area contributed by atoms with Crippen LogP contribution in [0.3, 0.4) is 0 Å². The number of nitrogens with zero attached hydrogens (tertiary/aromatic N) is 1. The predicted octanol–water partition coefficient (Wildman–Crippen LogP) is 2.67. The lowest BCUT2D eigenvalue weighted by molar-refractivity contribution is 0.0207. The normalized spacial score (nSPS) is 29.5. The largest absolute Gasteiger partial charge is 0.444 e. The third kappa shape index (κ3) is 5.13. The molecule has 22 heavy (non-hydrogen) atoms. The minimum Gasteiger partial charge on any atom is -0.444 e. The molecule has 0 aliphatic heterocycles. The van der Waals surface area contributed by atoms with Crippen molar-refractivity contribution in [2.24, 2.45) is 0 Å². The molecular weight excluding hydrogens is 280 g/mol. The summed E-state index contributed by atoms with van der Waals surface area (Å²) in [7, 11) is 0. The monoisotopic (exact) mass is 312 g/mol. The van der Waals surface area contributed by atoms with Gasteiger partial charge in [-0.25, -0.2) is 4.79 Å². The van der Waals surface area contributed by atoms with E-state index in [9.17, 15) is 9.90 Å². The fraction of sp³-hybridized carbons (Fsp3) is 0.941. The van der Waals surface area contributed by atoms with Crippen molar-refractivity contribution in [3.05, 3.63) is 0 Å². The first kappa shape index (κ1) is 17.5. The summed E-state index contributed by atoms with van der Waals surface area (Å²) in [6.07, 6.45) is 5.31. The van der Waals surface area contributed by atoms with Gasteiger partial charge >= 0.3 is 6.09 Å². The van der Waals surface area contributed by atoms with Gasteiger partial charge in [-0.3, -0.25) is 4.90 Å². The van der Waals surface area contributed by atoms with Crippen LogP contribution < -0.4 is 5.32 Å². The molecule has 2 aliphatic carbocycles. The quantitative estimate of drug-likeness (QED) is 0.819. The molecule has 0 aromatic carbocycles. The minimum atomic E-state index is -0.479. The van der Waals surface area contributed by atoms with Crippen LogP contribution in [0.2, 0.25) is 0 Å². The fourth-order valence-corrected chi connectivity index (χ4v) is 3.40. The van der Waals surface area contributed by atoms with Crippen molar-refractivity contribution in [2.45, 2.75) is 96.1 Å². The molecule has 2 rings (SSSR count). The number of aliphatic hydroxyl groups is 1. The molecule has 2 fully saturated rings. The van der Waals surface area contributed by atoms with Crippen LogP contribution in [-0.4, -0.2) is 52.5 Å². The number of carbonyl (C=O) groups excluding carboxylic acids is 1. The van der Waals surface area contributed by atoms with Crippen molar-refractivity contribution < 1.29 is 14.6 Å². The van der Waals surface area contributed by atoms with E-state index in [1.54, 1.807) is 0 Å².